The van der Waals surface area contributed by atoms with E-state index in [1.807, 2.05) is 0 Å². The molecule has 0 saturated carbocycles. The van der Waals surface area contributed by atoms with Crippen LogP contribution in [0.25, 0.3) is 0 Å². The summed E-state index contributed by atoms with van der Waals surface area (Å²) in [5.74, 6) is 1.53. The summed E-state index contributed by atoms with van der Waals surface area (Å²) in [6.07, 6.45) is 2.76. The number of benzene rings is 2. The fourth-order valence-corrected chi connectivity index (χ4v) is 2.74. The zero-order valence-corrected chi connectivity index (χ0v) is 15.8. The van der Waals surface area contributed by atoms with Crippen LogP contribution in [0.1, 0.15) is 0 Å². The average molecular weight is 395 g/mol. The third-order valence-corrected chi connectivity index (χ3v) is 4.12. The normalized spacial score (nSPS) is 12.0. The number of hydrogen-bond donors (Lipinski definition) is 2. The molecule has 8 nitrogen and oxygen atoms in total. The maximum Gasteiger partial charge on any atom is 0.229 e. The van der Waals surface area contributed by atoms with Gasteiger partial charge in [-0.1, -0.05) is 0 Å². The average Bonchev–Trinajstić information content (AvgIpc) is 2.75. The van der Waals surface area contributed by atoms with Gasteiger partial charge in [0.2, 0.25) is 5.95 Å². The first-order valence-electron chi connectivity index (χ1n) is 8.73. The van der Waals surface area contributed by atoms with Crippen LogP contribution in [-0.2, 0) is 0 Å². The van der Waals surface area contributed by atoms with Crippen molar-refractivity contribution in [1.29, 1.82) is 0 Å². The fraction of sp³-hybridized carbons (Fsp3) is 0.150. The van der Waals surface area contributed by atoms with Crippen molar-refractivity contribution in [2.45, 2.75) is 0 Å². The lowest BCUT2D eigenvalue weighted by molar-refractivity contribution is 0.377. The fourth-order valence-electron chi connectivity index (χ4n) is 2.74. The summed E-state index contributed by atoms with van der Waals surface area (Å²) in [5, 5.41) is 5.97. The monoisotopic (exact) mass is 395 g/mol. The molecule has 1 aromatic heterocycles. The quantitative estimate of drug-likeness (QED) is 0.646. The lowest BCUT2D eigenvalue weighted by Crippen LogP contribution is -2.05. The van der Waals surface area contributed by atoms with E-state index in [-0.39, 0.29) is 11.8 Å². The highest BCUT2D eigenvalue weighted by Gasteiger charge is 2.12. The van der Waals surface area contributed by atoms with E-state index in [2.05, 4.69) is 25.6 Å². The second-order valence-electron chi connectivity index (χ2n) is 6.05. The van der Waals surface area contributed by atoms with E-state index in [1.165, 1.54) is 0 Å². The van der Waals surface area contributed by atoms with E-state index in [9.17, 15) is 4.39 Å². The van der Waals surface area contributed by atoms with Crippen molar-refractivity contribution in [1.82, 2.24) is 9.97 Å². The van der Waals surface area contributed by atoms with Crippen molar-refractivity contribution in [2.75, 3.05) is 31.5 Å². The van der Waals surface area contributed by atoms with Crippen LogP contribution >= 0.6 is 0 Å². The molecule has 0 bridgehead atoms. The Morgan fingerprint density at radius 2 is 1.79 bits per heavy atom. The SMILES string of the molecule is COc1cc(Nc2ncc(F)c(Nc3ccc4c(c3)N=CCO4)n2)cc(OC)c1. The molecule has 0 saturated heterocycles. The van der Waals surface area contributed by atoms with Gasteiger partial charge in [-0.3, -0.25) is 4.99 Å². The number of aromatic nitrogens is 2. The number of aliphatic imine (C=N–C) groups is 1. The highest BCUT2D eigenvalue weighted by molar-refractivity contribution is 5.74. The summed E-state index contributed by atoms with van der Waals surface area (Å²) >= 11 is 0. The predicted octanol–water partition coefficient (Wildman–Crippen LogP) is 4.21. The molecule has 2 aromatic carbocycles. The van der Waals surface area contributed by atoms with Crippen LogP contribution in [0.3, 0.4) is 0 Å². The van der Waals surface area contributed by atoms with Crippen LogP contribution in [0.15, 0.2) is 47.6 Å². The molecule has 0 unspecified atom stereocenters. The molecular weight excluding hydrogens is 377 g/mol. The Hall–Kier alpha value is -3.88. The zero-order chi connectivity index (χ0) is 20.2. The van der Waals surface area contributed by atoms with Gasteiger partial charge in [0.05, 0.1) is 20.4 Å². The summed E-state index contributed by atoms with van der Waals surface area (Å²) in [6, 6.07) is 10.5. The highest BCUT2D eigenvalue weighted by atomic mass is 19.1. The van der Waals surface area contributed by atoms with Crippen LogP contribution in [0, 0.1) is 5.82 Å². The lowest BCUT2D eigenvalue weighted by atomic mass is 10.2. The molecular formula is C20H18FN5O3. The molecule has 2 N–H and O–H groups in total. The maximum atomic E-state index is 14.3. The van der Waals surface area contributed by atoms with Crippen molar-refractivity contribution in [3.8, 4) is 17.2 Å². The molecule has 0 fully saturated rings. The molecule has 29 heavy (non-hydrogen) atoms. The molecule has 9 heteroatoms. The Balaban J connectivity index is 1.58. The molecule has 0 amide bonds. The Morgan fingerprint density at radius 3 is 2.55 bits per heavy atom. The number of anilines is 4. The van der Waals surface area contributed by atoms with Gasteiger partial charge in [-0.05, 0) is 18.2 Å². The summed E-state index contributed by atoms with van der Waals surface area (Å²) in [6.45, 7) is 0.435. The number of rotatable bonds is 6. The number of halogens is 1. The topological polar surface area (TPSA) is 89.9 Å². The molecule has 0 aliphatic carbocycles. The largest absolute Gasteiger partial charge is 0.497 e. The van der Waals surface area contributed by atoms with E-state index in [0.717, 1.165) is 6.20 Å². The van der Waals surface area contributed by atoms with Gasteiger partial charge < -0.3 is 24.8 Å². The van der Waals surface area contributed by atoms with Gasteiger partial charge in [0.1, 0.15) is 29.5 Å². The Morgan fingerprint density at radius 1 is 1.00 bits per heavy atom. The third-order valence-electron chi connectivity index (χ3n) is 4.12. The second-order valence-corrected chi connectivity index (χ2v) is 6.05. The van der Waals surface area contributed by atoms with Crippen LogP contribution in [0.2, 0.25) is 0 Å². The Labute approximate surface area is 166 Å². The van der Waals surface area contributed by atoms with E-state index in [0.29, 0.717) is 40.9 Å². The van der Waals surface area contributed by atoms with Crippen LogP contribution in [0.4, 0.5) is 33.2 Å². The van der Waals surface area contributed by atoms with E-state index < -0.39 is 5.82 Å². The number of nitrogens with one attached hydrogen (secondary N) is 2. The Kier molecular flexibility index (Phi) is 5.10. The lowest BCUT2D eigenvalue weighted by Gasteiger charge is -2.14. The summed E-state index contributed by atoms with van der Waals surface area (Å²) in [4.78, 5) is 12.5. The van der Waals surface area contributed by atoms with Gasteiger partial charge in [0.25, 0.3) is 0 Å². The van der Waals surface area contributed by atoms with Crippen LogP contribution < -0.4 is 24.8 Å². The predicted molar refractivity (Wildman–Crippen MR) is 108 cm³/mol. The third kappa shape index (κ3) is 4.18. The zero-order valence-electron chi connectivity index (χ0n) is 15.8. The molecule has 4 rings (SSSR count). The number of ether oxygens (including phenoxy) is 3. The van der Waals surface area contributed by atoms with Gasteiger partial charge in [-0.2, -0.15) is 4.98 Å². The summed E-state index contributed by atoms with van der Waals surface area (Å²) in [7, 11) is 3.12. The minimum absolute atomic E-state index is 0.0259. The number of nitrogens with zero attached hydrogens (tertiary/aromatic N) is 3. The van der Waals surface area contributed by atoms with Crippen LogP contribution in [0.5, 0.6) is 17.2 Å². The summed E-state index contributed by atoms with van der Waals surface area (Å²) in [5.41, 5.74) is 1.93. The van der Waals surface area contributed by atoms with Gasteiger partial charge in [0, 0.05) is 35.8 Å². The molecule has 2 heterocycles. The van der Waals surface area contributed by atoms with E-state index >= 15 is 0 Å². The maximum absolute atomic E-state index is 14.3. The smallest absolute Gasteiger partial charge is 0.229 e. The highest BCUT2D eigenvalue weighted by Crippen LogP contribution is 2.33. The Bertz CT molecular complexity index is 1050. The molecule has 1 aliphatic heterocycles. The number of hydrogen-bond acceptors (Lipinski definition) is 8. The minimum atomic E-state index is -0.587. The number of fused-ring (bicyclic) bond motifs is 1. The van der Waals surface area contributed by atoms with Crippen molar-refractivity contribution in [3.63, 3.8) is 0 Å². The van der Waals surface area contributed by atoms with E-state index in [4.69, 9.17) is 14.2 Å². The summed E-state index contributed by atoms with van der Waals surface area (Å²) < 4.78 is 30.2. The first-order chi connectivity index (χ1) is 14.1. The second kappa shape index (κ2) is 8.01. The van der Waals surface area contributed by atoms with Crippen molar-refractivity contribution in [3.05, 3.63) is 48.4 Å². The molecule has 1 aliphatic rings. The van der Waals surface area contributed by atoms with Gasteiger partial charge in [-0.15, -0.1) is 0 Å². The number of methoxy groups -OCH3 is 2. The standard InChI is InChI=1S/C20H18FN5O3/c1-27-14-7-13(8-15(10-14)28-2)25-20-23-11-16(21)19(26-20)24-12-3-4-18-17(9-12)22-5-6-29-18/h3-5,7-11H,6H2,1-2H3,(H2,23,24,25,26). The molecule has 0 radical (unpaired) electrons. The first-order valence-corrected chi connectivity index (χ1v) is 8.73. The molecule has 3 aromatic rings. The van der Waals surface area contributed by atoms with Gasteiger partial charge in [0.15, 0.2) is 11.6 Å². The molecule has 0 spiro atoms. The van der Waals surface area contributed by atoms with Crippen molar-refractivity contribution < 1.29 is 18.6 Å². The molecule has 0 atom stereocenters. The van der Waals surface area contributed by atoms with Crippen LogP contribution in [-0.4, -0.2) is 37.0 Å². The van der Waals surface area contributed by atoms with Crippen molar-refractivity contribution in [2.24, 2.45) is 4.99 Å². The van der Waals surface area contributed by atoms with E-state index in [1.54, 1.807) is 56.8 Å². The first kappa shape index (κ1) is 18.5. The molecule has 148 valence electrons. The van der Waals surface area contributed by atoms with Gasteiger partial charge in [-0.25, -0.2) is 9.37 Å². The van der Waals surface area contributed by atoms with Crippen molar-refractivity contribution >= 4 is 35.0 Å². The van der Waals surface area contributed by atoms with Gasteiger partial charge >= 0.3 is 0 Å². The minimum Gasteiger partial charge on any atom is -0.497 e.